The molecule has 33 heavy (non-hydrogen) atoms. The zero-order valence-electron chi connectivity index (χ0n) is 18.6. The number of ether oxygens (including phenoxy) is 2. The van der Waals surface area contributed by atoms with E-state index in [1.54, 1.807) is 4.90 Å². The minimum Gasteiger partial charge on any atom is -0.456 e. The van der Waals surface area contributed by atoms with Gasteiger partial charge in [0.15, 0.2) is 5.82 Å². The quantitative estimate of drug-likeness (QED) is 0.548. The molecule has 1 spiro atoms. The van der Waals surface area contributed by atoms with Crippen molar-refractivity contribution in [2.75, 3.05) is 46.5 Å². The summed E-state index contributed by atoms with van der Waals surface area (Å²) in [5.74, 6) is 0.438. The molecule has 0 aromatic carbocycles. The van der Waals surface area contributed by atoms with Gasteiger partial charge in [0.1, 0.15) is 12.9 Å². The molecule has 11 heteroatoms. The van der Waals surface area contributed by atoms with E-state index >= 15 is 0 Å². The maximum Gasteiger partial charge on any atom is 0.338 e. The highest BCUT2D eigenvalue weighted by Crippen LogP contribution is 2.43. The van der Waals surface area contributed by atoms with E-state index in [0.717, 1.165) is 50.9 Å². The zero-order chi connectivity index (χ0) is 22.8. The Morgan fingerprint density at radius 3 is 2.67 bits per heavy atom. The van der Waals surface area contributed by atoms with E-state index in [9.17, 15) is 9.59 Å². The van der Waals surface area contributed by atoms with Gasteiger partial charge in [0.25, 0.3) is 0 Å². The molecule has 0 unspecified atom stereocenters. The number of tetrazole rings is 1. The van der Waals surface area contributed by atoms with Crippen LogP contribution in [0.1, 0.15) is 24.8 Å². The van der Waals surface area contributed by atoms with Gasteiger partial charge in [-0.05, 0) is 60.8 Å². The summed E-state index contributed by atoms with van der Waals surface area (Å²) in [4.78, 5) is 34.0. The maximum atomic E-state index is 13.4. The number of carbonyl (C=O) groups excluding carboxylic acids is 2. The third kappa shape index (κ3) is 4.13. The lowest BCUT2D eigenvalue weighted by atomic mass is 9.77. The number of cyclic esters (lactones) is 1. The number of likely N-dealkylation sites (tertiary alicyclic amines) is 2. The Morgan fingerprint density at radius 2 is 1.97 bits per heavy atom. The van der Waals surface area contributed by atoms with Gasteiger partial charge in [0.05, 0.1) is 23.3 Å². The molecule has 2 fully saturated rings. The van der Waals surface area contributed by atoms with Crippen LogP contribution in [0.5, 0.6) is 0 Å². The molecule has 11 nitrogen and oxygen atoms in total. The van der Waals surface area contributed by atoms with Gasteiger partial charge in [-0.25, -0.2) is 9.78 Å². The van der Waals surface area contributed by atoms with Gasteiger partial charge < -0.3 is 19.3 Å². The molecule has 0 atom stereocenters. The number of aromatic nitrogens is 5. The standard InChI is InChI=1S/C22H27N7O4/c1-32-13-17-18(14-33-20(17)30)28-11-7-22(21(28)31)5-9-27(10-6-22)8-4-16-2-3-19(23-12-16)29-15-24-25-26-29/h2-3,12,15H,4-11,13-14H2,1H3. The summed E-state index contributed by atoms with van der Waals surface area (Å²) in [6.07, 6.45) is 6.75. The third-order valence-electron chi connectivity index (χ3n) is 6.98. The fraction of sp³-hybridized carbons (Fsp3) is 0.545. The second-order valence-corrected chi connectivity index (χ2v) is 8.79. The minimum atomic E-state index is -0.379. The number of pyridine rings is 1. The van der Waals surface area contributed by atoms with E-state index in [2.05, 4.69) is 25.4 Å². The Hall–Kier alpha value is -3.18. The fourth-order valence-corrected chi connectivity index (χ4v) is 4.95. The monoisotopic (exact) mass is 453 g/mol. The number of rotatable bonds is 7. The predicted molar refractivity (Wildman–Crippen MR) is 115 cm³/mol. The van der Waals surface area contributed by atoms with Gasteiger partial charge >= 0.3 is 5.97 Å². The molecule has 3 aliphatic heterocycles. The Balaban J connectivity index is 1.16. The molecule has 0 N–H and O–H groups in total. The SMILES string of the molecule is COCC1=C(N2CCC3(CCN(CCc4ccc(-n5cnnn5)nc4)CC3)C2=O)COC1=O. The molecule has 1 amide bonds. The number of piperidine rings is 1. The zero-order valence-corrected chi connectivity index (χ0v) is 18.6. The first-order valence-corrected chi connectivity index (χ1v) is 11.2. The number of esters is 1. The molecule has 2 aromatic heterocycles. The van der Waals surface area contributed by atoms with E-state index in [0.29, 0.717) is 23.6 Å². The summed E-state index contributed by atoms with van der Waals surface area (Å²) in [6.45, 7) is 3.66. The first-order valence-electron chi connectivity index (χ1n) is 11.2. The Labute approximate surface area is 191 Å². The minimum absolute atomic E-state index is 0.131. The van der Waals surface area contributed by atoms with Crippen LogP contribution in [0.2, 0.25) is 0 Å². The molecule has 2 aromatic rings. The second kappa shape index (κ2) is 8.99. The van der Waals surface area contributed by atoms with E-state index < -0.39 is 0 Å². The molecule has 0 bridgehead atoms. The first kappa shape index (κ1) is 21.7. The molecular formula is C22H27N7O4. The smallest absolute Gasteiger partial charge is 0.338 e. The number of methoxy groups -OCH3 is 1. The van der Waals surface area contributed by atoms with Gasteiger partial charge in [0.2, 0.25) is 5.91 Å². The lowest BCUT2D eigenvalue weighted by molar-refractivity contribution is -0.138. The topological polar surface area (TPSA) is 116 Å². The molecule has 174 valence electrons. The van der Waals surface area contributed by atoms with Crippen molar-refractivity contribution in [1.82, 2.24) is 35.0 Å². The van der Waals surface area contributed by atoms with Crippen LogP contribution in [0, 0.1) is 5.41 Å². The fourth-order valence-electron chi connectivity index (χ4n) is 4.95. The number of hydrogen-bond acceptors (Lipinski definition) is 9. The van der Waals surface area contributed by atoms with Crippen molar-refractivity contribution >= 4 is 11.9 Å². The number of amides is 1. The summed E-state index contributed by atoms with van der Waals surface area (Å²) in [5.41, 5.74) is 1.98. The van der Waals surface area contributed by atoms with Gasteiger partial charge in [0, 0.05) is 26.4 Å². The van der Waals surface area contributed by atoms with Crippen molar-refractivity contribution in [2.45, 2.75) is 25.7 Å². The average Bonchev–Trinajstić information content (AvgIpc) is 3.57. The molecule has 2 saturated heterocycles. The van der Waals surface area contributed by atoms with Gasteiger partial charge in [-0.1, -0.05) is 6.07 Å². The highest BCUT2D eigenvalue weighted by atomic mass is 16.5. The molecule has 5 rings (SSSR count). The van der Waals surface area contributed by atoms with Crippen LogP contribution in [-0.2, 0) is 25.5 Å². The number of carbonyl (C=O) groups is 2. The normalized spacial score (nSPS) is 20.8. The van der Waals surface area contributed by atoms with E-state index in [4.69, 9.17) is 9.47 Å². The molecule has 0 aliphatic carbocycles. The van der Waals surface area contributed by atoms with Crippen molar-refractivity contribution in [3.63, 3.8) is 0 Å². The summed E-state index contributed by atoms with van der Waals surface area (Å²) in [7, 11) is 1.54. The van der Waals surface area contributed by atoms with Crippen molar-refractivity contribution in [3.8, 4) is 5.82 Å². The predicted octanol–water partition coefficient (Wildman–Crippen LogP) is 0.372. The average molecular weight is 454 g/mol. The van der Waals surface area contributed by atoms with E-state index in [-0.39, 0.29) is 30.5 Å². The second-order valence-electron chi connectivity index (χ2n) is 8.79. The van der Waals surface area contributed by atoms with Crippen LogP contribution < -0.4 is 0 Å². The van der Waals surface area contributed by atoms with Crippen LogP contribution in [-0.4, -0.2) is 93.4 Å². The number of hydrogen-bond donors (Lipinski definition) is 0. The summed E-state index contributed by atoms with van der Waals surface area (Å²) < 4.78 is 11.8. The highest BCUT2D eigenvalue weighted by Gasteiger charge is 2.50. The summed E-state index contributed by atoms with van der Waals surface area (Å²) >= 11 is 0. The number of nitrogens with zero attached hydrogens (tertiary/aromatic N) is 7. The van der Waals surface area contributed by atoms with E-state index in [1.165, 1.54) is 18.1 Å². The Bertz CT molecular complexity index is 1040. The van der Waals surface area contributed by atoms with Crippen LogP contribution >= 0.6 is 0 Å². The van der Waals surface area contributed by atoms with Gasteiger partial charge in [-0.2, -0.15) is 4.68 Å². The highest BCUT2D eigenvalue weighted by molar-refractivity contribution is 5.95. The maximum absolute atomic E-state index is 13.4. The van der Waals surface area contributed by atoms with Crippen molar-refractivity contribution < 1.29 is 19.1 Å². The van der Waals surface area contributed by atoms with Gasteiger partial charge in [-0.3, -0.25) is 4.79 Å². The Morgan fingerprint density at radius 1 is 1.15 bits per heavy atom. The van der Waals surface area contributed by atoms with Crippen LogP contribution in [0.15, 0.2) is 35.9 Å². The van der Waals surface area contributed by atoms with Crippen LogP contribution in [0.25, 0.3) is 5.82 Å². The van der Waals surface area contributed by atoms with Crippen molar-refractivity contribution in [2.24, 2.45) is 5.41 Å². The summed E-state index contributed by atoms with van der Waals surface area (Å²) in [5, 5.41) is 11.1. The van der Waals surface area contributed by atoms with Crippen molar-refractivity contribution in [1.29, 1.82) is 0 Å². The first-order chi connectivity index (χ1) is 16.1. The van der Waals surface area contributed by atoms with Crippen LogP contribution in [0.4, 0.5) is 0 Å². The Kier molecular flexibility index (Phi) is 5.90. The third-order valence-corrected chi connectivity index (χ3v) is 6.98. The summed E-state index contributed by atoms with van der Waals surface area (Å²) in [6, 6.07) is 3.96. The van der Waals surface area contributed by atoms with Crippen LogP contribution in [0.3, 0.4) is 0 Å². The molecule has 0 radical (unpaired) electrons. The van der Waals surface area contributed by atoms with Crippen molar-refractivity contribution in [3.05, 3.63) is 41.5 Å². The van der Waals surface area contributed by atoms with E-state index in [1.807, 2.05) is 18.3 Å². The molecule has 3 aliphatic rings. The lowest BCUT2D eigenvalue weighted by Gasteiger charge is -2.38. The largest absolute Gasteiger partial charge is 0.456 e. The molecule has 0 saturated carbocycles. The molecular weight excluding hydrogens is 426 g/mol. The van der Waals surface area contributed by atoms with Gasteiger partial charge in [-0.15, -0.1) is 5.10 Å². The lowest BCUT2D eigenvalue weighted by Crippen LogP contribution is -2.45. The molecule has 5 heterocycles.